The van der Waals surface area contributed by atoms with Gasteiger partial charge in [0.25, 0.3) is 5.91 Å². The van der Waals surface area contributed by atoms with Crippen LogP contribution in [0.15, 0.2) is 30.6 Å². The Hall–Kier alpha value is -2.83. The summed E-state index contributed by atoms with van der Waals surface area (Å²) in [4.78, 5) is 29.2. The fourth-order valence-electron chi connectivity index (χ4n) is 1.72. The van der Waals surface area contributed by atoms with Crippen molar-refractivity contribution in [2.75, 3.05) is 11.9 Å². The van der Waals surface area contributed by atoms with Gasteiger partial charge in [-0.15, -0.1) is 0 Å². The van der Waals surface area contributed by atoms with Crippen LogP contribution in [-0.4, -0.2) is 33.6 Å². The number of amides is 1. The molecule has 0 bridgehead atoms. The molecule has 0 atom stereocenters. The van der Waals surface area contributed by atoms with Crippen molar-refractivity contribution in [1.82, 2.24) is 9.97 Å². The number of carboxylic acid groups (broad SMARTS) is 1. The van der Waals surface area contributed by atoms with Gasteiger partial charge in [-0.05, 0) is 18.6 Å². The molecule has 1 heterocycles. The van der Waals surface area contributed by atoms with Gasteiger partial charge in [0, 0.05) is 0 Å². The molecule has 1 aromatic carbocycles. The number of hydrogen-bond donors (Lipinski definition) is 3. The highest BCUT2D eigenvalue weighted by atomic mass is 16.5. The molecule has 2 rings (SSSR count). The summed E-state index contributed by atoms with van der Waals surface area (Å²) in [6.07, 6.45) is 2.00. The highest BCUT2D eigenvalue weighted by molar-refractivity contribution is 6.09. The van der Waals surface area contributed by atoms with E-state index in [1.165, 1.54) is 0 Å². The molecule has 0 unspecified atom stereocenters. The Morgan fingerprint density at radius 3 is 2.86 bits per heavy atom. The lowest BCUT2D eigenvalue weighted by Gasteiger charge is -2.11. The number of carboxylic acids is 1. The first-order valence-electron chi connectivity index (χ1n) is 6.43. The third-order valence-corrected chi connectivity index (χ3v) is 2.67. The number of rotatable bonds is 6. The molecule has 21 heavy (non-hydrogen) atoms. The SMILES string of the molecule is CCCOc1ccccc1NC(=O)c1nc[nH]c1C(=O)O. The van der Waals surface area contributed by atoms with E-state index in [-0.39, 0.29) is 11.4 Å². The maximum absolute atomic E-state index is 12.1. The molecule has 1 aromatic heterocycles. The van der Waals surface area contributed by atoms with E-state index in [1.807, 2.05) is 6.92 Å². The fourth-order valence-corrected chi connectivity index (χ4v) is 1.72. The van der Waals surface area contributed by atoms with Gasteiger partial charge in [-0.1, -0.05) is 19.1 Å². The van der Waals surface area contributed by atoms with Crippen molar-refractivity contribution in [1.29, 1.82) is 0 Å². The average Bonchev–Trinajstić information content (AvgIpc) is 2.96. The van der Waals surface area contributed by atoms with Crippen LogP contribution in [0.25, 0.3) is 0 Å². The molecule has 0 aliphatic heterocycles. The van der Waals surface area contributed by atoms with E-state index in [0.29, 0.717) is 18.0 Å². The molecule has 3 N–H and O–H groups in total. The van der Waals surface area contributed by atoms with Crippen LogP contribution in [0, 0.1) is 0 Å². The fraction of sp³-hybridized carbons (Fsp3) is 0.214. The van der Waals surface area contributed by atoms with Crippen molar-refractivity contribution in [2.45, 2.75) is 13.3 Å². The lowest BCUT2D eigenvalue weighted by molar-refractivity contribution is 0.0686. The minimum absolute atomic E-state index is 0.173. The zero-order valence-electron chi connectivity index (χ0n) is 11.4. The van der Waals surface area contributed by atoms with Crippen molar-refractivity contribution in [3.63, 3.8) is 0 Å². The molecule has 2 aromatic rings. The van der Waals surface area contributed by atoms with E-state index >= 15 is 0 Å². The summed E-state index contributed by atoms with van der Waals surface area (Å²) in [5.74, 6) is -1.32. The molecular formula is C14H15N3O4. The summed E-state index contributed by atoms with van der Waals surface area (Å²) < 4.78 is 5.52. The number of imidazole rings is 1. The highest BCUT2D eigenvalue weighted by Crippen LogP contribution is 2.24. The van der Waals surface area contributed by atoms with Crippen molar-refractivity contribution in [2.24, 2.45) is 0 Å². The predicted octanol–water partition coefficient (Wildman–Crippen LogP) is 2.15. The zero-order valence-corrected chi connectivity index (χ0v) is 11.4. The number of carbonyl (C=O) groups is 2. The van der Waals surface area contributed by atoms with Gasteiger partial charge in [0.15, 0.2) is 11.4 Å². The van der Waals surface area contributed by atoms with Crippen molar-refractivity contribution < 1.29 is 19.4 Å². The maximum atomic E-state index is 12.1. The first kappa shape index (κ1) is 14.6. The molecule has 110 valence electrons. The number of nitrogens with zero attached hydrogens (tertiary/aromatic N) is 1. The van der Waals surface area contributed by atoms with Gasteiger partial charge in [0.05, 0.1) is 18.6 Å². The van der Waals surface area contributed by atoms with Crippen LogP contribution in [0.4, 0.5) is 5.69 Å². The van der Waals surface area contributed by atoms with Gasteiger partial charge >= 0.3 is 5.97 Å². The lowest BCUT2D eigenvalue weighted by Crippen LogP contribution is -2.17. The van der Waals surface area contributed by atoms with Crippen LogP contribution in [0.3, 0.4) is 0 Å². The largest absolute Gasteiger partial charge is 0.491 e. The van der Waals surface area contributed by atoms with Gasteiger partial charge in [-0.2, -0.15) is 0 Å². The smallest absolute Gasteiger partial charge is 0.354 e. The minimum atomic E-state index is -1.24. The molecule has 7 heteroatoms. The molecule has 0 radical (unpaired) electrons. The normalized spacial score (nSPS) is 10.1. The quantitative estimate of drug-likeness (QED) is 0.755. The van der Waals surface area contributed by atoms with Crippen LogP contribution in [-0.2, 0) is 0 Å². The highest BCUT2D eigenvalue weighted by Gasteiger charge is 2.20. The zero-order chi connectivity index (χ0) is 15.2. The molecule has 0 aliphatic rings. The number of aromatic nitrogens is 2. The number of aromatic carboxylic acids is 1. The van der Waals surface area contributed by atoms with Crippen LogP contribution in [0.5, 0.6) is 5.75 Å². The number of hydrogen-bond acceptors (Lipinski definition) is 4. The number of anilines is 1. The van der Waals surface area contributed by atoms with Crippen molar-refractivity contribution in [3.8, 4) is 5.75 Å². The second-order valence-electron chi connectivity index (χ2n) is 4.23. The predicted molar refractivity (Wildman–Crippen MR) is 75.7 cm³/mol. The van der Waals surface area contributed by atoms with Crippen LogP contribution in [0.2, 0.25) is 0 Å². The summed E-state index contributed by atoms with van der Waals surface area (Å²) in [5.41, 5.74) is 0.0440. The number of ether oxygens (including phenoxy) is 1. The van der Waals surface area contributed by atoms with Crippen molar-refractivity contribution >= 4 is 17.6 Å². The van der Waals surface area contributed by atoms with E-state index in [2.05, 4.69) is 15.3 Å². The number of nitrogens with one attached hydrogen (secondary N) is 2. The number of para-hydroxylation sites is 2. The Bertz CT molecular complexity index is 651. The van der Waals surface area contributed by atoms with E-state index in [1.54, 1.807) is 24.3 Å². The third kappa shape index (κ3) is 3.38. The minimum Gasteiger partial charge on any atom is -0.491 e. The Labute approximate surface area is 121 Å². The molecule has 1 amide bonds. The van der Waals surface area contributed by atoms with Crippen LogP contribution >= 0.6 is 0 Å². The standard InChI is InChI=1S/C14H15N3O4/c1-2-7-21-10-6-4-3-5-9(10)17-13(18)11-12(14(19)20)16-8-15-11/h3-6,8H,2,7H2,1H3,(H,15,16)(H,17,18)(H,19,20). The van der Waals surface area contributed by atoms with Gasteiger partial charge in [-0.3, -0.25) is 4.79 Å². The molecule has 0 fully saturated rings. The monoisotopic (exact) mass is 289 g/mol. The van der Waals surface area contributed by atoms with E-state index in [4.69, 9.17) is 9.84 Å². The Morgan fingerprint density at radius 1 is 1.38 bits per heavy atom. The molecule has 0 aliphatic carbocycles. The summed E-state index contributed by atoms with van der Waals surface area (Å²) >= 11 is 0. The van der Waals surface area contributed by atoms with Crippen LogP contribution < -0.4 is 10.1 Å². The van der Waals surface area contributed by atoms with E-state index in [0.717, 1.165) is 12.7 Å². The number of aromatic amines is 1. The molecule has 0 saturated heterocycles. The summed E-state index contributed by atoms with van der Waals surface area (Å²) in [6, 6.07) is 6.94. The van der Waals surface area contributed by atoms with Crippen LogP contribution in [0.1, 0.15) is 34.3 Å². The third-order valence-electron chi connectivity index (χ3n) is 2.67. The topological polar surface area (TPSA) is 104 Å². The van der Waals surface area contributed by atoms with Gasteiger partial charge in [0.2, 0.25) is 0 Å². The number of carbonyl (C=O) groups excluding carboxylic acids is 1. The van der Waals surface area contributed by atoms with Gasteiger partial charge in [0.1, 0.15) is 5.75 Å². The maximum Gasteiger partial charge on any atom is 0.354 e. The Balaban J connectivity index is 2.20. The second kappa shape index (κ2) is 6.56. The number of H-pyrrole nitrogens is 1. The number of benzene rings is 1. The van der Waals surface area contributed by atoms with E-state index in [9.17, 15) is 9.59 Å². The van der Waals surface area contributed by atoms with Gasteiger partial charge in [-0.25, -0.2) is 9.78 Å². The molecule has 7 nitrogen and oxygen atoms in total. The molecular weight excluding hydrogens is 274 g/mol. The summed E-state index contributed by atoms with van der Waals surface area (Å²) in [5, 5.41) is 11.6. The van der Waals surface area contributed by atoms with Crippen molar-refractivity contribution in [3.05, 3.63) is 42.0 Å². The average molecular weight is 289 g/mol. The second-order valence-corrected chi connectivity index (χ2v) is 4.23. The summed E-state index contributed by atoms with van der Waals surface area (Å²) in [6.45, 7) is 2.50. The Morgan fingerprint density at radius 2 is 2.14 bits per heavy atom. The first-order valence-corrected chi connectivity index (χ1v) is 6.43. The summed E-state index contributed by atoms with van der Waals surface area (Å²) in [7, 11) is 0. The van der Waals surface area contributed by atoms with E-state index < -0.39 is 11.9 Å². The molecule has 0 spiro atoms. The first-order chi connectivity index (χ1) is 10.1. The Kier molecular flexibility index (Phi) is 4.55. The van der Waals surface area contributed by atoms with Gasteiger partial charge < -0.3 is 20.1 Å². The lowest BCUT2D eigenvalue weighted by atomic mass is 10.2. The molecule has 0 saturated carbocycles.